The van der Waals surface area contributed by atoms with Gasteiger partial charge in [0.1, 0.15) is 11.6 Å². The van der Waals surface area contributed by atoms with Crippen LogP contribution in [-0.2, 0) is 4.79 Å². The number of amides is 1. The zero-order chi connectivity index (χ0) is 16.1. The smallest absolute Gasteiger partial charge is 0.266 e. The van der Waals surface area contributed by atoms with Crippen molar-refractivity contribution in [1.29, 1.82) is 5.26 Å². The molecule has 110 valence electrons. The van der Waals surface area contributed by atoms with Gasteiger partial charge in [0, 0.05) is 11.3 Å². The molecule has 0 heterocycles. The number of nitrogens with zero attached hydrogens (tertiary/aromatic N) is 1. The second kappa shape index (κ2) is 6.64. The monoisotopic (exact) mass is 298 g/mol. The Hall–Kier alpha value is -3.00. The van der Waals surface area contributed by atoms with Crippen LogP contribution in [0.3, 0.4) is 0 Å². The summed E-state index contributed by atoms with van der Waals surface area (Å²) in [4.78, 5) is 12.1. The van der Waals surface area contributed by atoms with Crippen LogP contribution in [-0.4, -0.2) is 5.91 Å². The molecule has 0 unspecified atom stereocenters. The van der Waals surface area contributed by atoms with Crippen molar-refractivity contribution < 1.29 is 13.6 Å². The Kier molecular flexibility index (Phi) is 4.64. The normalized spacial score (nSPS) is 10.9. The van der Waals surface area contributed by atoms with Crippen molar-refractivity contribution in [3.63, 3.8) is 0 Å². The van der Waals surface area contributed by atoms with Crippen LogP contribution in [0.25, 0.3) is 6.08 Å². The Bertz CT molecular complexity index is 791. The van der Waals surface area contributed by atoms with Gasteiger partial charge in [-0.1, -0.05) is 30.3 Å². The molecule has 5 heteroatoms. The van der Waals surface area contributed by atoms with Crippen molar-refractivity contribution in [2.75, 3.05) is 5.32 Å². The lowest BCUT2D eigenvalue weighted by atomic mass is 10.1. The summed E-state index contributed by atoms with van der Waals surface area (Å²) >= 11 is 0. The molecule has 1 amide bonds. The van der Waals surface area contributed by atoms with E-state index in [1.165, 1.54) is 12.1 Å². The first kappa shape index (κ1) is 15.4. The highest BCUT2D eigenvalue weighted by molar-refractivity contribution is 6.09. The first-order chi connectivity index (χ1) is 10.5. The summed E-state index contributed by atoms with van der Waals surface area (Å²) in [5.74, 6) is -2.82. The molecule has 3 nitrogen and oxygen atoms in total. The molecular formula is C17H12F2N2O. The Labute approximate surface area is 126 Å². The number of carbonyl (C=O) groups is 1. The number of halogens is 2. The van der Waals surface area contributed by atoms with E-state index in [9.17, 15) is 13.6 Å². The van der Waals surface area contributed by atoms with Crippen LogP contribution in [0, 0.1) is 29.9 Å². The van der Waals surface area contributed by atoms with Crippen molar-refractivity contribution in [3.8, 4) is 6.07 Å². The third-order valence-electron chi connectivity index (χ3n) is 3.04. The molecule has 0 fully saturated rings. The molecule has 0 radical (unpaired) electrons. The minimum atomic E-state index is -1.10. The standard InChI is InChI=1S/C17H12F2N2O/c1-11-5-2-3-8-15(11)21-17(22)13(10-20)9-12-6-4-7-14(18)16(12)19/h2-9H,1H3,(H,21,22). The number of carbonyl (C=O) groups excluding carboxylic acids is 1. The highest BCUT2D eigenvalue weighted by Gasteiger charge is 2.13. The number of aryl methyl sites for hydroxylation is 1. The summed E-state index contributed by atoms with van der Waals surface area (Å²) in [5, 5.41) is 11.6. The zero-order valence-electron chi connectivity index (χ0n) is 11.7. The number of hydrogen-bond acceptors (Lipinski definition) is 2. The van der Waals surface area contributed by atoms with Crippen molar-refractivity contribution >= 4 is 17.7 Å². The zero-order valence-corrected chi connectivity index (χ0v) is 11.7. The number of anilines is 1. The van der Waals surface area contributed by atoms with Crippen LogP contribution >= 0.6 is 0 Å². The van der Waals surface area contributed by atoms with E-state index in [2.05, 4.69) is 5.32 Å². The fourth-order valence-electron chi connectivity index (χ4n) is 1.84. The van der Waals surface area contributed by atoms with Gasteiger partial charge in [0.2, 0.25) is 0 Å². The lowest BCUT2D eigenvalue weighted by Crippen LogP contribution is -2.14. The molecule has 0 saturated heterocycles. The Morgan fingerprint density at radius 1 is 1.18 bits per heavy atom. The van der Waals surface area contributed by atoms with Gasteiger partial charge in [0.05, 0.1) is 0 Å². The fourth-order valence-corrected chi connectivity index (χ4v) is 1.84. The van der Waals surface area contributed by atoms with Gasteiger partial charge in [0.25, 0.3) is 5.91 Å². The SMILES string of the molecule is Cc1ccccc1NC(=O)C(C#N)=Cc1cccc(F)c1F. The molecule has 22 heavy (non-hydrogen) atoms. The van der Waals surface area contributed by atoms with E-state index in [1.807, 2.05) is 6.07 Å². The second-order valence-corrected chi connectivity index (χ2v) is 4.58. The second-order valence-electron chi connectivity index (χ2n) is 4.58. The van der Waals surface area contributed by atoms with Crippen LogP contribution in [0.4, 0.5) is 14.5 Å². The molecule has 0 bridgehead atoms. The highest BCUT2D eigenvalue weighted by Crippen LogP contribution is 2.17. The van der Waals surface area contributed by atoms with Gasteiger partial charge in [-0.15, -0.1) is 0 Å². The molecule has 0 saturated carbocycles. The topological polar surface area (TPSA) is 52.9 Å². The Balaban J connectivity index is 2.30. The lowest BCUT2D eigenvalue weighted by molar-refractivity contribution is -0.112. The van der Waals surface area contributed by atoms with Crippen molar-refractivity contribution in [2.45, 2.75) is 6.92 Å². The molecule has 2 aromatic carbocycles. The largest absolute Gasteiger partial charge is 0.321 e. The van der Waals surface area contributed by atoms with Crippen LogP contribution < -0.4 is 5.32 Å². The van der Waals surface area contributed by atoms with E-state index in [0.717, 1.165) is 17.7 Å². The van der Waals surface area contributed by atoms with Gasteiger partial charge in [0.15, 0.2) is 11.6 Å². The minimum absolute atomic E-state index is 0.156. The molecule has 0 aromatic heterocycles. The molecule has 0 aliphatic heterocycles. The highest BCUT2D eigenvalue weighted by atomic mass is 19.2. The molecule has 0 atom stereocenters. The van der Waals surface area contributed by atoms with E-state index in [0.29, 0.717) is 5.69 Å². The maximum absolute atomic E-state index is 13.6. The molecule has 1 N–H and O–H groups in total. The quantitative estimate of drug-likeness (QED) is 0.692. The summed E-state index contributed by atoms with van der Waals surface area (Å²) < 4.78 is 26.7. The first-order valence-electron chi connectivity index (χ1n) is 6.45. The molecule has 2 rings (SSSR count). The van der Waals surface area contributed by atoms with E-state index in [1.54, 1.807) is 31.2 Å². The predicted octanol–water partition coefficient (Wildman–Crippen LogP) is 3.82. The van der Waals surface area contributed by atoms with E-state index in [-0.39, 0.29) is 11.1 Å². The number of nitriles is 1. The number of nitrogens with one attached hydrogen (secondary N) is 1. The number of hydrogen-bond donors (Lipinski definition) is 1. The average Bonchev–Trinajstić information content (AvgIpc) is 2.51. The molecule has 0 aliphatic rings. The molecule has 0 aliphatic carbocycles. The fraction of sp³-hybridized carbons (Fsp3) is 0.0588. The van der Waals surface area contributed by atoms with Crippen LogP contribution in [0.1, 0.15) is 11.1 Å². The van der Waals surface area contributed by atoms with Gasteiger partial charge < -0.3 is 5.32 Å². The Morgan fingerprint density at radius 2 is 1.91 bits per heavy atom. The summed E-state index contributed by atoms with van der Waals surface area (Å²) in [6.07, 6.45) is 1.02. The van der Waals surface area contributed by atoms with E-state index >= 15 is 0 Å². The minimum Gasteiger partial charge on any atom is -0.321 e. The summed E-state index contributed by atoms with van der Waals surface area (Å²) in [5.41, 5.74) is 0.905. The van der Waals surface area contributed by atoms with E-state index in [4.69, 9.17) is 5.26 Å². The number of para-hydroxylation sites is 1. The van der Waals surface area contributed by atoms with Gasteiger partial charge in [-0.05, 0) is 30.7 Å². The maximum atomic E-state index is 13.6. The maximum Gasteiger partial charge on any atom is 0.266 e. The van der Waals surface area contributed by atoms with Gasteiger partial charge in [-0.25, -0.2) is 8.78 Å². The lowest BCUT2D eigenvalue weighted by Gasteiger charge is -2.07. The summed E-state index contributed by atoms with van der Waals surface area (Å²) in [7, 11) is 0. The average molecular weight is 298 g/mol. The number of benzene rings is 2. The van der Waals surface area contributed by atoms with Crippen LogP contribution in [0.2, 0.25) is 0 Å². The molecular weight excluding hydrogens is 286 g/mol. The van der Waals surface area contributed by atoms with Crippen LogP contribution in [0.15, 0.2) is 48.0 Å². The predicted molar refractivity (Wildman–Crippen MR) is 79.8 cm³/mol. The third-order valence-corrected chi connectivity index (χ3v) is 3.04. The van der Waals surface area contributed by atoms with Gasteiger partial charge >= 0.3 is 0 Å². The van der Waals surface area contributed by atoms with Crippen molar-refractivity contribution in [3.05, 3.63) is 70.8 Å². The number of rotatable bonds is 3. The van der Waals surface area contributed by atoms with Crippen LogP contribution in [0.5, 0.6) is 0 Å². The van der Waals surface area contributed by atoms with Gasteiger partial charge in [-0.2, -0.15) is 5.26 Å². The molecule has 0 spiro atoms. The van der Waals surface area contributed by atoms with Gasteiger partial charge in [-0.3, -0.25) is 4.79 Å². The van der Waals surface area contributed by atoms with Crippen molar-refractivity contribution in [2.24, 2.45) is 0 Å². The first-order valence-corrected chi connectivity index (χ1v) is 6.45. The molecule has 2 aromatic rings. The summed E-state index contributed by atoms with van der Waals surface area (Å²) in [6, 6.07) is 12.3. The van der Waals surface area contributed by atoms with Crippen molar-refractivity contribution in [1.82, 2.24) is 0 Å². The Morgan fingerprint density at radius 3 is 2.59 bits per heavy atom. The third kappa shape index (κ3) is 3.36. The van der Waals surface area contributed by atoms with E-state index < -0.39 is 17.5 Å². The summed E-state index contributed by atoms with van der Waals surface area (Å²) in [6.45, 7) is 1.80.